The van der Waals surface area contributed by atoms with Crippen molar-refractivity contribution in [1.82, 2.24) is 0 Å². The number of nitrogens with one attached hydrogen (secondary N) is 1. The zero-order chi connectivity index (χ0) is 15.6. The van der Waals surface area contributed by atoms with Crippen LogP contribution >= 0.6 is 15.9 Å². The number of nitro groups is 1. The molecule has 1 amide bonds. The fourth-order valence-electron chi connectivity index (χ4n) is 2.16. The Balaban J connectivity index is 2.24. The number of nitrogens with two attached hydrogens (primary N) is 1. The van der Waals surface area contributed by atoms with Crippen molar-refractivity contribution in [2.75, 3.05) is 18.5 Å². The first-order valence-electron chi connectivity index (χ1n) is 6.46. The Morgan fingerprint density at radius 1 is 1.48 bits per heavy atom. The number of benzene rings is 1. The molecule has 0 spiro atoms. The highest BCUT2D eigenvalue weighted by molar-refractivity contribution is 9.10. The maximum absolute atomic E-state index is 12.3. The van der Waals surface area contributed by atoms with Gasteiger partial charge in [0.25, 0.3) is 5.69 Å². The zero-order valence-corrected chi connectivity index (χ0v) is 13.1. The molecule has 1 aromatic carbocycles. The zero-order valence-electron chi connectivity index (χ0n) is 11.5. The largest absolute Gasteiger partial charge is 0.381 e. The average Bonchev–Trinajstić information content (AvgIpc) is 2.42. The summed E-state index contributed by atoms with van der Waals surface area (Å²) in [4.78, 5) is 22.8. The number of halogens is 1. The number of hydrogen-bond acceptors (Lipinski definition) is 5. The van der Waals surface area contributed by atoms with Gasteiger partial charge in [-0.1, -0.05) is 0 Å². The van der Waals surface area contributed by atoms with Gasteiger partial charge in [0.15, 0.2) is 0 Å². The summed E-state index contributed by atoms with van der Waals surface area (Å²) in [5, 5.41) is 13.6. The lowest BCUT2D eigenvalue weighted by Crippen LogP contribution is -2.54. The van der Waals surface area contributed by atoms with Gasteiger partial charge in [0.1, 0.15) is 5.54 Å². The van der Waals surface area contributed by atoms with E-state index in [2.05, 4.69) is 21.2 Å². The highest BCUT2D eigenvalue weighted by atomic mass is 79.9. The lowest BCUT2D eigenvalue weighted by Gasteiger charge is -2.31. The number of nitro benzene ring substituents is 1. The molecule has 21 heavy (non-hydrogen) atoms. The number of anilines is 1. The number of aryl methyl sites for hydroxylation is 1. The number of ether oxygens (including phenoxy) is 1. The van der Waals surface area contributed by atoms with Crippen LogP contribution in [-0.4, -0.2) is 29.6 Å². The molecule has 0 bridgehead atoms. The van der Waals surface area contributed by atoms with Gasteiger partial charge in [-0.05, 0) is 41.8 Å². The van der Waals surface area contributed by atoms with E-state index in [1.165, 1.54) is 6.07 Å². The summed E-state index contributed by atoms with van der Waals surface area (Å²) >= 11 is 3.30. The Morgan fingerprint density at radius 2 is 2.10 bits per heavy atom. The van der Waals surface area contributed by atoms with Crippen molar-refractivity contribution in [2.24, 2.45) is 5.73 Å². The first-order chi connectivity index (χ1) is 9.83. The van der Waals surface area contributed by atoms with Crippen molar-refractivity contribution in [3.8, 4) is 0 Å². The van der Waals surface area contributed by atoms with Gasteiger partial charge in [0.05, 0.1) is 10.6 Å². The van der Waals surface area contributed by atoms with Crippen LogP contribution in [0.2, 0.25) is 0 Å². The molecule has 0 saturated carbocycles. The van der Waals surface area contributed by atoms with Crippen molar-refractivity contribution in [1.29, 1.82) is 0 Å². The molecule has 7 nitrogen and oxygen atoms in total. The van der Waals surface area contributed by atoms with Gasteiger partial charge in [-0.25, -0.2) is 0 Å². The van der Waals surface area contributed by atoms with Gasteiger partial charge in [0, 0.05) is 29.3 Å². The Hall–Kier alpha value is -1.51. The van der Waals surface area contributed by atoms with Gasteiger partial charge in [-0.2, -0.15) is 0 Å². The molecular formula is C13H16BrN3O4. The SMILES string of the molecule is Cc1cc(Br)c(NC(=O)C2(N)CCOCC2)cc1[N+](=O)[O-]. The first-order valence-corrected chi connectivity index (χ1v) is 7.25. The van der Waals surface area contributed by atoms with E-state index in [1.54, 1.807) is 13.0 Å². The van der Waals surface area contributed by atoms with Gasteiger partial charge in [0.2, 0.25) is 5.91 Å². The van der Waals surface area contributed by atoms with Crippen LogP contribution in [0.3, 0.4) is 0 Å². The van der Waals surface area contributed by atoms with E-state index in [9.17, 15) is 14.9 Å². The molecule has 114 valence electrons. The predicted octanol–water partition coefficient (Wildman–Crippen LogP) is 2.11. The number of carbonyl (C=O) groups is 1. The topological polar surface area (TPSA) is 107 Å². The Kier molecular flexibility index (Phi) is 4.60. The maximum Gasteiger partial charge on any atom is 0.274 e. The summed E-state index contributed by atoms with van der Waals surface area (Å²) in [6.07, 6.45) is 0.842. The molecule has 2 rings (SSSR count). The molecule has 1 aliphatic rings. The standard InChI is InChI=1S/C13H16BrN3O4/c1-8-6-9(14)10(7-11(8)17(19)20)16-12(18)13(15)2-4-21-5-3-13/h6-7H,2-5,15H2,1H3,(H,16,18). The summed E-state index contributed by atoms with van der Waals surface area (Å²) < 4.78 is 5.78. The minimum atomic E-state index is -1.00. The van der Waals surface area contributed by atoms with Crippen LogP contribution in [0.1, 0.15) is 18.4 Å². The third-order valence-electron chi connectivity index (χ3n) is 3.57. The van der Waals surface area contributed by atoms with Crippen molar-refractivity contribution in [2.45, 2.75) is 25.3 Å². The number of carbonyl (C=O) groups excluding carboxylic acids is 1. The fourth-order valence-corrected chi connectivity index (χ4v) is 2.72. The smallest absolute Gasteiger partial charge is 0.274 e. The van der Waals surface area contributed by atoms with E-state index in [0.717, 1.165) is 0 Å². The minimum Gasteiger partial charge on any atom is -0.381 e. The van der Waals surface area contributed by atoms with E-state index in [0.29, 0.717) is 41.8 Å². The minimum absolute atomic E-state index is 0.0495. The second kappa shape index (κ2) is 6.08. The molecule has 1 aromatic rings. The van der Waals surface area contributed by atoms with Crippen molar-refractivity contribution >= 4 is 33.2 Å². The average molecular weight is 358 g/mol. The lowest BCUT2D eigenvalue weighted by atomic mass is 9.90. The molecule has 0 atom stereocenters. The van der Waals surface area contributed by atoms with E-state index < -0.39 is 10.5 Å². The summed E-state index contributed by atoms with van der Waals surface area (Å²) in [5.41, 5.74) is 5.89. The predicted molar refractivity (Wildman–Crippen MR) is 81.1 cm³/mol. The number of amides is 1. The summed E-state index contributed by atoms with van der Waals surface area (Å²) in [6.45, 7) is 2.50. The van der Waals surface area contributed by atoms with Gasteiger partial charge >= 0.3 is 0 Å². The summed E-state index contributed by atoms with van der Waals surface area (Å²) in [7, 11) is 0. The molecular weight excluding hydrogens is 342 g/mol. The van der Waals surface area contributed by atoms with E-state index in [4.69, 9.17) is 10.5 Å². The third-order valence-corrected chi connectivity index (χ3v) is 4.22. The van der Waals surface area contributed by atoms with Crippen LogP contribution in [0.15, 0.2) is 16.6 Å². The molecule has 8 heteroatoms. The first kappa shape index (κ1) is 15.9. The van der Waals surface area contributed by atoms with E-state index >= 15 is 0 Å². The molecule has 0 aliphatic carbocycles. The highest BCUT2D eigenvalue weighted by Gasteiger charge is 2.36. The van der Waals surface area contributed by atoms with Crippen LogP contribution in [0.5, 0.6) is 0 Å². The number of hydrogen-bond donors (Lipinski definition) is 2. The summed E-state index contributed by atoms with van der Waals surface area (Å²) in [5.74, 6) is -0.357. The van der Waals surface area contributed by atoms with E-state index in [-0.39, 0.29) is 11.6 Å². The van der Waals surface area contributed by atoms with Crippen LogP contribution in [-0.2, 0) is 9.53 Å². The monoisotopic (exact) mass is 357 g/mol. The molecule has 0 unspecified atom stereocenters. The molecule has 1 fully saturated rings. The molecule has 3 N–H and O–H groups in total. The van der Waals surface area contributed by atoms with Crippen LogP contribution in [0.25, 0.3) is 0 Å². The van der Waals surface area contributed by atoms with E-state index in [1.807, 2.05) is 0 Å². The number of rotatable bonds is 3. The molecule has 1 heterocycles. The van der Waals surface area contributed by atoms with Crippen LogP contribution in [0, 0.1) is 17.0 Å². The maximum atomic E-state index is 12.3. The van der Waals surface area contributed by atoms with Crippen molar-refractivity contribution in [3.63, 3.8) is 0 Å². The Labute approximate surface area is 130 Å². The second-order valence-corrected chi connectivity index (χ2v) is 5.95. The van der Waals surface area contributed by atoms with Crippen LogP contribution in [0.4, 0.5) is 11.4 Å². The van der Waals surface area contributed by atoms with Gasteiger partial charge in [-0.15, -0.1) is 0 Å². The fraction of sp³-hybridized carbons (Fsp3) is 0.462. The lowest BCUT2D eigenvalue weighted by molar-refractivity contribution is -0.385. The third kappa shape index (κ3) is 3.39. The quantitative estimate of drug-likeness (QED) is 0.636. The van der Waals surface area contributed by atoms with Gasteiger partial charge < -0.3 is 15.8 Å². The molecule has 0 aromatic heterocycles. The summed E-state index contributed by atoms with van der Waals surface area (Å²) in [6, 6.07) is 2.93. The molecule has 0 radical (unpaired) electrons. The normalized spacial score (nSPS) is 17.3. The van der Waals surface area contributed by atoms with Gasteiger partial charge in [-0.3, -0.25) is 14.9 Å². The Morgan fingerprint density at radius 3 is 2.67 bits per heavy atom. The highest BCUT2D eigenvalue weighted by Crippen LogP contribution is 2.31. The molecule has 1 saturated heterocycles. The number of nitrogens with zero attached hydrogens (tertiary/aromatic N) is 1. The van der Waals surface area contributed by atoms with Crippen LogP contribution < -0.4 is 11.1 Å². The van der Waals surface area contributed by atoms with Crippen molar-refractivity contribution in [3.05, 3.63) is 32.3 Å². The Bertz CT molecular complexity index is 585. The molecule has 1 aliphatic heterocycles. The second-order valence-electron chi connectivity index (χ2n) is 5.10. The van der Waals surface area contributed by atoms with Crippen molar-refractivity contribution < 1.29 is 14.5 Å².